The number of hydrogen-bond donors (Lipinski definition) is 0. The van der Waals surface area contributed by atoms with Crippen LogP contribution in [0.2, 0.25) is 0 Å². The number of fused-ring (bicyclic) bond motifs is 1. The van der Waals surface area contributed by atoms with Gasteiger partial charge in [0.1, 0.15) is 5.69 Å². The van der Waals surface area contributed by atoms with Crippen LogP contribution in [0.4, 0.5) is 11.6 Å². The first-order valence-electron chi connectivity index (χ1n) is 10.1. The fourth-order valence-corrected chi connectivity index (χ4v) is 3.74. The predicted molar refractivity (Wildman–Crippen MR) is 116 cm³/mol. The van der Waals surface area contributed by atoms with Gasteiger partial charge >= 0.3 is 0 Å². The topological polar surface area (TPSA) is 49.3 Å². The van der Waals surface area contributed by atoms with E-state index in [2.05, 4.69) is 41.9 Å². The minimum atomic E-state index is -0.0647. The van der Waals surface area contributed by atoms with Crippen LogP contribution in [0.1, 0.15) is 41.2 Å². The average molecular weight is 386 g/mol. The third kappa shape index (κ3) is 3.99. The molecule has 1 amide bonds. The SMILES string of the molecule is Cc1cc(C(=O)N2CCc3ccccc32)nc(N(Cc2ccccc2)C(C)C)n1. The summed E-state index contributed by atoms with van der Waals surface area (Å²) in [6.07, 6.45) is 0.880. The molecule has 0 N–H and O–H groups in total. The summed E-state index contributed by atoms with van der Waals surface area (Å²) in [4.78, 5) is 26.6. The van der Waals surface area contributed by atoms with Gasteiger partial charge in [-0.15, -0.1) is 0 Å². The largest absolute Gasteiger partial charge is 0.334 e. The van der Waals surface area contributed by atoms with Gasteiger partial charge in [-0.25, -0.2) is 9.97 Å². The molecule has 0 saturated heterocycles. The van der Waals surface area contributed by atoms with Gasteiger partial charge < -0.3 is 9.80 Å². The molecule has 0 unspecified atom stereocenters. The molecule has 2 aromatic carbocycles. The van der Waals surface area contributed by atoms with Crippen LogP contribution in [-0.4, -0.2) is 28.5 Å². The molecular weight excluding hydrogens is 360 g/mol. The van der Waals surface area contributed by atoms with Crippen molar-refractivity contribution in [2.45, 2.75) is 39.8 Å². The number of benzene rings is 2. The molecule has 0 bridgehead atoms. The Hall–Kier alpha value is -3.21. The second kappa shape index (κ2) is 8.03. The maximum absolute atomic E-state index is 13.3. The van der Waals surface area contributed by atoms with Crippen molar-refractivity contribution in [2.24, 2.45) is 0 Å². The second-order valence-electron chi connectivity index (χ2n) is 7.74. The number of amides is 1. The number of carbonyl (C=O) groups is 1. The van der Waals surface area contributed by atoms with Crippen molar-refractivity contribution >= 4 is 17.5 Å². The van der Waals surface area contributed by atoms with Crippen LogP contribution < -0.4 is 9.80 Å². The maximum atomic E-state index is 13.3. The number of hydrogen-bond acceptors (Lipinski definition) is 4. The highest BCUT2D eigenvalue weighted by Gasteiger charge is 2.27. The van der Waals surface area contributed by atoms with Gasteiger partial charge in [-0.1, -0.05) is 48.5 Å². The molecule has 3 aromatic rings. The normalized spacial score (nSPS) is 12.9. The zero-order chi connectivity index (χ0) is 20.4. The third-order valence-corrected chi connectivity index (χ3v) is 5.27. The van der Waals surface area contributed by atoms with Crippen LogP contribution in [0, 0.1) is 6.92 Å². The summed E-state index contributed by atoms with van der Waals surface area (Å²) in [6, 6.07) is 20.3. The Kier molecular flexibility index (Phi) is 5.30. The molecule has 0 saturated carbocycles. The van der Waals surface area contributed by atoms with Crippen LogP contribution >= 0.6 is 0 Å². The Morgan fingerprint density at radius 3 is 2.55 bits per heavy atom. The molecule has 5 heteroatoms. The lowest BCUT2D eigenvalue weighted by atomic mass is 10.2. The molecular formula is C24H26N4O. The standard InChI is InChI=1S/C24H26N4O/c1-17(2)28(16-19-9-5-4-6-10-19)24-25-18(3)15-21(26-24)23(29)27-14-13-20-11-7-8-12-22(20)27/h4-12,15,17H,13-14,16H2,1-3H3. The summed E-state index contributed by atoms with van der Waals surface area (Å²) in [7, 11) is 0. The number of aromatic nitrogens is 2. The molecule has 0 fully saturated rings. The molecule has 0 aliphatic carbocycles. The number of carbonyl (C=O) groups excluding carboxylic acids is 1. The van der Waals surface area contributed by atoms with Gasteiger partial charge in [-0.05, 0) is 50.5 Å². The minimum absolute atomic E-state index is 0.0647. The second-order valence-corrected chi connectivity index (χ2v) is 7.74. The van der Waals surface area contributed by atoms with E-state index in [9.17, 15) is 4.79 Å². The molecule has 5 nitrogen and oxygen atoms in total. The Balaban J connectivity index is 1.65. The van der Waals surface area contributed by atoms with Crippen molar-refractivity contribution in [3.05, 3.63) is 83.2 Å². The molecule has 1 aliphatic heterocycles. The first kappa shape index (κ1) is 19.1. The lowest BCUT2D eigenvalue weighted by Crippen LogP contribution is -2.34. The Labute approximate surface area is 172 Å². The number of para-hydroxylation sites is 1. The first-order valence-corrected chi connectivity index (χ1v) is 10.1. The predicted octanol–water partition coefficient (Wildman–Crippen LogP) is 4.40. The number of nitrogens with zero attached hydrogens (tertiary/aromatic N) is 4. The fourth-order valence-electron chi connectivity index (χ4n) is 3.74. The van der Waals surface area contributed by atoms with E-state index >= 15 is 0 Å². The van der Waals surface area contributed by atoms with E-state index in [1.807, 2.05) is 48.2 Å². The molecule has 29 heavy (non-hydrogen) atoms. The summed E-state index contributed by atoms with van der Waals surface area (Å²) in [5.74, 6) is 0.532. The molecule has 1 aromatic heterocycles. The number of rotatable bonds is 5. The molecule has 0 atom stereocenters. The zero-order valence-electron chi connectivity index (χ0n) is 17.2. The van der Waals surface area contributed by atoms with Crippen molar-refractivity contribution in [3.63, 3.8) is 0 Å². The van der Waals surface area contributed by atoms with Crippen LogP contribution in [0.15, 0.2) is 60.7 Å². The molecule has 1 aliphatic rings. The zero-order valence-corrected chi connectivity index (χ0v) is 17.2. The van der Waals surface area contributed by atoms with Crippen molar-refractivity contribution < 1.29 is 4.79 Å². The quantitative estimate of drug-likeness (QED) is 0.652. The van der Waals surface area contributed by atoms with E-state index in [0.29, 0.717) is 24.7 Å². The maximum Gasteiger partial charge on any atom is 0.277 e. The van der Waals surface area contributed by atoms with E-state index < -0.39 is 0 Å². The Morgan fingerprint density at radius 2 is 1.79 bits per heavy atom. The van der Waals surface area contributed by atoms with Crippen LogP contribution in [0.3, 0.4) is 0 Å². The summed E-state index contributed by atoms with van der Waals surface area (Å²) < 4.78 is 0. The highest BCUT2D eigenvalue weighted by Crippen LogP contribution is 2.29. The highest BCUT2D eigenvalue weighted by atomic mass is 16.2. The summed E-state index contributed by atoms with van der Waals surface area (Å²) in [5.41, 5.74) is 4.63. The minimum Gasteiger partial charge on any atom is -0.334 e. The number of anilines is 2. The Bertz CT molecular complexity index is 1020. The third-order valence-electron chi connectivity index (χ3n) is 5.27. The van der Waals surface area contributed by atoms with Crippen molar-refractivity contribution in [2.75, 3.05) is 16.3 Å². The monoisotopic (exact) mass is 386 g/mol. The molecule has 4 rings (SSSR count). The van der Waals surface area contributed by atoms with E-state index in [-0.39, 0.29) is 11.9 Å². The average Bonchev–Trinajstić information content (AvgIpc) is 3.15. The molecule has 0 spiro atoms. The summed E-state index contributed by atoms with van der Waals surface area (Å²) >= 11 is 0. The fraction of sp³-hybridized carbons (Fsp3) is 0.292. The molecule has 2 heterocycles. The lowest BCUT2D eigenvalue weighted by molar-refractivity contribution is 0.0984. The van der Waals surface area contributed by atoms with Gasteiger partial charge in [0.2, 0.25) is 5.95 Å². The van der Waals surface area contributed by atoms with Crippen LogP contribution in [0.25, 0.3) is 0 Å². The summed E-state index contributed by atoms with van der Waals surface area (Å²) in [6.45, 7) is 7.54. The van der Waals surface area contributed by atoms with E-state index in [1.165, 1.54) is 11.1 Å². The molecule has 0 radical (unpaired) electrons. The lowest BCUT2D eigenvalue weighted by Gasteiger charge is -2.27. The van der Waals surface area contributed by atoms with Gasteiger partial charge in [0.15, 0.2) is 0 Å². The van der Waals surface area contributed by atoms with Crippen LogP contribution in [0.5, 0.6) is 0 Å². The van der Waals surface area contributed by atoms with Gasteiger partial charge in [0.25, 0.3) is 5.91 Å². The van der Waals surface area contributed by atoms with E-state index in [4.69, 9.17) is 4.98 Å². The van der Waals surface area contributed by atoms with Gasteiger partial charge in [-0.3, -0.25) is 4.79 Å². The van der Waals surface area contributed by atoms with Gasteiger partial charge in [0, 0.05) is 30.5 Å². The van der Waals surface area contributed by atoms with Crippen molar-refractivity contribution in [3.8, 4) is 0 Å². The van der Waals surface area contributed by atoms with Gasteiger partial charge in [0.05, 0.1) is 0 Å². The summed E-state index contributed by atoms with van der Waals surface area (Å²) in [5, 5.41) is 0. The van der Waals surface area contributed by atoms with E-state index in [1.54, 1.807) is 6.07 Å². The highest BCUT2D eigenvalue weighted by molar-refractivity contribution is 6.06. The molecule has 148 valence electrons. The van der Waals surface area contributed by atoms with Gasteiger partial charge in [-0.2, -0.15) is 0 Å². The van der Waals surface area contributed by atoms with Crippen molar-refractivity contribution in [1.82, 2.24) is 9.97 Å². The van der Waals surface area contributed by atoms with Crippen LogP contribution in [-0.2, 0) is 13.0 Å². The smallest absolute Gasteiger partial charge is 0.277 e. The van der Waals surface area contributed by atoms with Crippen molar-refractivity contribution in [1.29, 1.82) is 0 Å². The van der Waals surface area contributed by atoms with E-state index in [0.717, 1.165) is 17.8 Å². The number of aryl methyl sites for hydroxylation is 1. The first-order chi connectivity index (χ1) is 14.0. The Morgan fingerprint density at radius 1 is 1.07 bits per heavy atom.